The highest BCUT2D eigenvalue weighted by Gasteiger charge is 2.20. The minimum absolute atomic E-state index is 0.114. The Labute approximate surface area is 116 Å². The molecule has 1 heterocycles. The van der Waals surface area contributed by atoms with Gasteiger partial charge in [0.15, 0.2) is 0 Å². The summed E-state index contributed by atoms with van der Waals surface area (Å²) in [7, 11) is 0. The first kappa shape index (κ1) is 14.3. The van der Waals surface area contributed by atoms with Crippen molar-refractivity contribution in [1.29, 1.82) is 0 Å². The molecule has 1 saturated heterocycles. The van der Waals surface area contributed by atoms with E-state index in [2.05, 4.69) is 10.2 Å². The Morgan fingerprint density at radius 1 is 1.40 bits per heavy atom. The standard InChI is InChI=1S/C13H17N3O4/c17-10-3-4-12(16(19)20)11(9-10)13(18)14-5-8-15-6-1-2-7-15/h3-4,9,17H,1-2,5-8H2,(H,14,18). The van der Waals surface area contributed by atoms with Crippen LogP contribution < -0.4 is 5.32 Å². The Hall–Kier alpha value is -2.15. The molecule has 0 saturated carbocycles. The second-order valence-corrected chi connectivity index (χ2v) is 4.76. The zero-order valence-corrected chi connectivity index (χ0v) is 11.0. The highest BCUT2D eigenvalue weighted by atomic mass is 16.6. The van der Waals surface area contributed by atoms with Gasteiger partial charge in [-0.3, -0.25) is 14.9 Å². The van der Waals surface area contributed by atoms with Gasteiger partial charge in [-0.05, 0) is 38.1 Å². The van der Waals surface area contributed by atoms with E-state index in [1.165, 1.54) is 18.9 Å². The van der Waals surface area contributed by atoms with Crippen LogP contribution in [0, 0.1) is 10.1 Å². The normalized spacial score (nSPS) is 15.2. The highest BCUT2D eigenvalue weighted by molar-refractivity contribution is 5.98. The first-order valence-electron chi connectivity index (χ1n) is 6.56. The lowest BCUT2D eigenvalue weighted by atomic mass is 10.1. The van der Waals surface area contributed by atoms with Gasteiger partial charge >= 0.3 is 0 Å². The topological polar surface area (TPSA) is 95.7 Å². The molecule has 1 amide bonds. The third-order valence-corrected chi connectivity index (χ3v) is 3.33. The van der Waals surface area contributed by atoms with Crippen molar-refractivity contribution in [3.05, 3.63) is 33.9 Å². The third-order valence-electron chi connectivity index (χ3n) is 3.33. The molecule has 1 aromatic rings. The summed E-state index contributed by atoms with van der Waals surface area (Å²) in [5.41, 5.74) is -0.419. The number of nitro groups is 1. The van der Waals surface area contributed by atoms with Crippen molar-refractivity contribution in [3.8, 4) is 5.75 Å². The molecule has 1 aliphatic rings. The van der Waals surface area contributed by atoms with E-state index in [-0.39, 0.29) is 17.0 Å². The fourth-order valence-electron chi connectivity index (χ4n) is 2.29. The van der Waals surface area contributed by atoms with Crippen molar-refractivity contribution in [2.45, 2.75) is 12.8 Å². The number of phenols is 1. The third kappa shape index (κ3) is 3.45. The molecule has 0 aliphatic carbocycles. The minimum Gasteiger partial charge on any atom is -0.508 e. The largest absolute Gasteiger partial charge is 0.508 e. The van der Waals surface area contributed by atoms with Crippen LogP contribution >= 0.6 is 0 Å². The molecule has 7 heteroatoms. The van der Waals surface area contributed by atoms with Crippen LogP contribution in [0.4, 0.5) is 5.69 Å². The summed E-state index contributed by atoms with van der Waals surface area (Å²) in [6.45, 7) is 3.23. The molecule has 1 fully saturated rings. The average molecular weight is 279 g/mol. The molecule has 0 aromatic heterocycles. The number of carbonyl (C=O) groups excluding carboxylic acids is 1. The number of nitrogens with one attached hydrogen (secondary N) is 1. The van der Waals surface area contributed by atoms with Gasteiger partial charge in [-0.1, -0.05) is 0 Å². The summed E-state index contributed by atoms with van der Waals surface area (Å²) >= 11 is 0. The monoisotopic (exact) mass is 279 g/mol. The van der Waals surface area contributed by atoms with Crippen LogP contribution in [0.1, 0.15) is 23.2 Å². The second kappa shape index (κ2) is 6.33. The number of nitrogens with zero attached hydrogens (tertiary/aromatic N) is 2. The van der Waals surface area contributed by atoms with E-state index in [1.54, 1.807) is 0 Å². The number of hydrogen-bond donors (Lipinski definition) is 2. The van der Waals surface area contributed by atoms with Gasteiger partial charge in [0.2, 0.25) is 0 Å². The van der Waals surface area contributed by atoms with Crippen molar-refractivity contribution in [2.24, 2.45) is 0 Å². The van der Waals surface area contributed by atoms with E-state index in [4.69, 9.17) is 0 Å². The first-order valence-corrected chi connectivity index (χ1v) is 6.56. The quantitative estimate of drug-likeness (QED) is 0.622. The van der Waals surface area contributed by atoms with Crippen LogP contribution in [-0.2, 0) is 0 Å². The van der Waals surface area contributed by atoms with Crippen molar-refractivity contribution in [2.75, 3.05) is 26.2 Å². The summed E-state index contributed by atoms with van der Waals surface area (Å²) in [6, 6.07) is 3.44. The van der Waals surface area contributed by atoms with Crippen LogP contribution in [0.5, 0.6) is 5.75 Å². The maximum atomic E-state index is 12.0. The van der Waals surface area contributed by atoms with Crippen LogP contribution in [0.2, 0.25) is 0 Å². The molecule has 7 nitrogen and oxygen atoms in total. The minimum atomic E-state index is -0.630. The first-order chi connectivity index (χ1) is 9.58. The van der Waals surface area contributed by atoms with Gasteiger partial charge in [0.05, 0.1) is 4.92 Å². The maximum Gasteiger partial charge on any atom is 0.282 e. The highest BCUT2D eigenvalue weighted by Crippen LogP contribution is 2.23. The Bertz CT molecular complexity index is 512. The number of benzene rings is 1. The van der Waals surface area contributed by atoms with Gasteiger partial charge in [0.1, 0.15) is 11.3 Å². The Morgan fingerprint density at radius 2 is 2.10 bits per heavy atom. The number of phenolic OH excluding ortho intramolecular Hbond substituents is 1. The molecule has 1 aliphatic heterocycles. The van der Waals surface area contributed by atoms with Crippen molar-refractivity contribution in [1.82, 2.24) is 10.2 Å². The molecule has 1 aromatic carbocycles. The molecular formula is C13H17N3O4. The molecule has 0 spiro atoms. The zero-order chi connectivity index (χ0) is 14.5. The lowest BCUT2D eigenvalue weighted by Gasteiger charge is -2.14. The molecule has 0 unspecified atom stereocenters. The predicted octanol–water partition coefficient (Wildman–Crippen LogP) is 1.13. The van der Waals surface area contributed by atoms with Crippen molar-refractivity contribution in [3.63, 3.8) is 0 Å². The molecule has 0 atom stereocenters. The van der Waals surface area contributed by atoms with Gasteiger partial charge in [-0.25, -0.2) is 0 Å². The fourth-order valence-corrected chi connectivity index (χ4v) is 2.29. The SMILES string of the molecule is O=C(NCCN1CCCC1)c1cc(O)ccc1[N+](=O)[O-]. The number of likely N-dealkylation sites (tertiary alicyclic amines) is 1. The number of amides is 1. The van der Waals surface area contributed by atoms with Crippen LogP contribution in [0.3, 0.4) is 0 Å². The number of aromatic hydroxyl groups is 1. The summed E-state index contributed by atoms with van der Waals surface area (Å²) in [5, 5.41) is 22.9. The van der Waals surface area contributed by atoms with Crippen LogP contribution in [-0.4, -0.2) is 47.0 Å². The van der Waals surface area contributed by atoms with Gasteiger partial charge in [-0.15, -0.1) is 0 Å². The lowest BCUT2D eigenvalue weighted by Crippen LogP contribution is -2.33. The van der Waals surface area contributed by atoms with E-state index in [1.807, 2.05) is 0 Å². The van der Waals surface area contributed by atoms with Gasteiger partial charge in [0.25, 0.3) is 11.6 Å². The predicted molar refractivity (Wildman–Crippen MR) is 72.8 cm³/mol. The summed E-state index contributed by atoms with van der Waals surface area (Å²) in [5.74, 6) is -0.702. The van der Waals surface area contributed by atoms with E-state index in [9.17, 15) is 20.0 Å². The summed E-state index contributed by atoms with van der Waals surface area (Å²) < 4.78 is 0. The van der Waals surface area contributed by atoms with Crippen LogP contribution in [0.15, 0.2) is 18.2 Å². The van der Waals surface area contributed by atoms with Crippen LogP contribution in [0.25, 0.3) is 0 Å². The molecule has 108 valence electrons. The Kier molecular flexibility index (Phi) is 4.52. The molecule has 2 rings (SSSR count). The maximum absolute atomic E-state index is 12.0. The van der Waals surface area contributed by atoms with Crippen molar-refractivity contribution >= 4 is 11.6 Å². The van der Waals surface area contributed by atoms with E-state index in [0.29, 0.717) is 6.54 Å². The molecule has 0 radical (unpaired) electrons. The zero-order valence-electron chi connectivity index (χ0n) is 11.0. The number of rotatable bonds is 5. The number of carbonyl (C=O) groups is 1. The summed E-state index contributed by atoms with van der Waals surface area (Å²) in [6.07, 6.45) is 2.35. The van der Waals surface area contributed by atoms with Gasteiger partial charge in [-0.2, -0.15) is 0 Å². The van der Waals surface area contributed by atoms with E-state index < -0.39 is 10.8 Å². The van der Waals surface area contributed by atoms with Gasteiger partial charge < -0.3 is 15.3 Å². The molecule has 20 heavy (non-hydrogen) atoms. The second-order valence-electron chi connectivity index (χ2n) is 4.76. The lowest BCUT2D eigenvalue weighted by molar-refractivity contribution is -0.385. The van der Waals surface area contributed by atoms with Gasteiger partial charge in [0, 0.05) is 19.2 Å². The fraction of sp³-hybridized carbons (Fsp3) is 0.462. The number of nitro benzene ring substituents is 1. The van der Waals surface area contributed by atoms with Crippen molar-refractivity contribution < 1.29 is 14.8 Å². The van der Waals surface area contributed by atoms with E-state index >= 15 is 0 Å². The molecule has 2 N–H and O–H groups in total. The van der Waals surface area contributed by atoms with E-state index in [0.717, 1.165) is 31.8 Å². The molecular weight excluding hydrogens is 262 g/mol. The Morgan fingerprint density at radius 3 is 2.75 bits per heavy atom. The average Bonchev–Trinajstić information content (AvgIpc) is 2.91. The number of hydrogen-bond acceptors (Lipinski definition) is 5. The molecule has 0 bridgehead atoms. The summed E-state index contributed by atoms with van der Waals surface area (Å²) in [4.78, 5) is 24.4. The smallest absolute Gasteiger partial charge is 0.282 e. The Balaban J connectivity index is 1.97.